The van der Waals surface area contributed by atoms with Crippen molar-refractivity contribution in [3.63, 3.8) is 0 Å². The van der Waals surface area contributed by atoms with Crippen molar-refractivity contribution in [2.24, 2.45) is 11.8 Å². The van der Waals surface area contributed by atoms with Crippen LogP contribution in [0.25, 0.3) is 0 Å². The summed E-state index contributed by atoms with van der Waals surface area (Å²) in [6, 6.07) is 0. The van der Waals surface area contributed by atoms with Crippen molar-refractivity contribution in [3.8, 4) is 0 Å². The summed E-state index contributed by atoms with van der Waals surface area (Å²) in [7, 11) is 0. The van der Waals surface area contributed by atoms with Crippen molar-refractivity contribution in [1.29, 1.82) is 0 Å². The van der Waals surface area contributed by atoms with Crippen LogP contribution in [0.1, 0.15) is 64.7 Å². The molecule has 0 aliphatic heterocycles. The lowest BCUT2D eigenvalue weighted by molar-refractivity contribution is -0.414. The van der Waals surface area contributed by atoms with Gasteiger partial charge in [0.15, 0.2) is 6.61 Å². The Balaban J connectivity index is 2.74. The molecule has 0 aromatic rings. The number of ether oxygens (including phenoxy) is 1. The molecule has 1 aliphatic carbocycles. The van der Waals surface area contributed by atoms with Crippen LogP contribution < -0.4 is 0 Å². The van der Waals surface area contributed by atoms with E-state index < -0.39 is 55.0 Å². The monoisotopic (exact) mass is 526 g/mol. The van der Waals surface area contributed by atoms with Gasteiger partial charge in [0, 0.05) is 6.42 Å². The fraction of sp³-hybridized carbons (Fsp3) is 0.950. The van der Waals surface area contributed by atoms with E-state index in [0.717, 1.165) is 38.5 Å². The molecule has 0 spiro atoms. The molecule has 0 unspecified atom stereocenters. The molecule has 1 aliphatic rings. The number of alkyl halides is 12. The molecule has 0 heterocycles. The quantitative estimate of drug-likeness (QED) is 0.139. The van der Waals surface area contributed by atoms with Gasteiger partial charge in [0.05, 0.1) is 0 Å². The second-order valence-electron chi connectivity index (χ2n) is 8.60. The molecule has 0 N–H and O–H groups in total. The van der Waals surface area contributed by atoms with Crippen LogP contribution in [0.3, 0.4) is 0 Å². The zero-order chi connectivity index (χ0) is 26.6. The van der Waals surface area contributed by atoms with Crippen LogP contribution in [0.15, 0.2) is 0 Å². The molecule has 0 bridgehead atoms. The summed E-state index contributed by atoms with van der Waals surface area (Å²) < 4.78 is 161. The van der Waals surface area contributed by atoms with Gasteiger partial charge in [0.1, 0.15) is 0 Å². The predicted molar refractivity (Wildman–Crippen MR) is 95.9 cm³/mol. The highest BCUT2D eigenvalue weighted by molar-refractivity contribution is 5.69. The van der Waals surface area contributed by atoms with Gasteiger partial charge in [0.2, 0.25) is 0 Å². The maximum absolute atomic E-state index is 13.7. The lowest BCUT2D eigenvalue weighted by Crippen LogP contribution is -2.69. The van der Waals surface area contributed by atoms with Gasteiger partial charge in [-0.25, -0.2) is 8.78 Å². The average Bonchev–Trinajstić information content (AvgIpc) is 2.73. The van der Waals surface area contributed by atoms with Crippen molar-refractivity contribution in [3.05, 3.63) is 0 Å². The van der Waals surface area contributed by atoms with Crippen LogP contribution in [0.4, 0.5) is 52.7 Å². The molecule has 1 fully saturated rings. The van der Waals surface area contributed by atoms with Crippen LogP contribution in [0.5, 0.6) is 0 Å². The molecule has 0 saturated heterocycles. The van der Waals surface area contributed by atoms with Gasteiger partial charge in [0.25, 0.3) is 0 Å². The van der Waals surface area contributed by atoms with Gasteiger partial charge < -0.3 is 4.74 Å². The fourth-order valence-electron chi connectivity index (χ4n) is 3.74. The zero-order valence-electron chi connectivity index (χ0n) is 18.2. The lowest BCUT2D eigenvalue weighted by atomic mass is 9.78. The van der Waals surface area contributed by atoms with Gasteiger partial charge in [-0.1, -0.05) is 45.4 Å². The topological polar surface area (TPSA) is 26.3 Å². The van der Waals surface area contributed by atoms with Crippen molar-refractivity contribution in [1.82, 2.24) is 0 Å². The van der Waals surface area contributed by atoms with Crippen molar-refractivity contribution >= 4 is 5.97 Å². The third kappa shape index (κ3) is 6.24. The van der Waals surface area contributed by atoms with Crippen LogP contribution in [0.2, 0.25) is 0 Å². The number of hydrogen-bond acceptors (Lipinski definition) is 2. The molecule has 202 valence electrons. The largest absolute Gasteiger partial charge is 0.459 e. The van der Waals surface area contributed by atoms with E-state index in [2.05, 4.69) is 4.74 Å². The van der Waals surface area contributed by atoms with Gasteiger partial charge in [-0.05, 0) is 24.7 Å². The molecule has 1 rings (SSSR count). The first kappa shape index (κ1) is 30.7. The maximum atomic E-state index is 13.7. The number of hydrogen-bond donors (Lipinski definition) is 0. The first-order valence-corrected chi connectivity index (χ1v) is 10.7. The van der Waals surface area contributed by atoms with Crippen molar-refractivity contribution in [2.75, 3.05) is 6.61 Å². The summed E-state index contributed by atoms with van der Waals surface area (Å²) in [5.41, 5.74) is 0. The summed E-state index contributed by atoms with van der Waals surface area (Å²) in [4.78, 5) is 11.7. The highest BCUT2D eigenvalue weighted by atomic mass is 19.4. The molecule has 14 heteroatoms. The zero-order valence-corrected chi connectivity index (χ0v) is 18.2. The molecule has 1 saturated carbocycles. The molecular weight excluding hydrogens is 500 g/mol. The molecular formula is C20H26F12O2. The van der Waals surface area contributed by atoms with Crippen molar-refractivity contribution < 1.29 is 62.2 Å². The minimum absolute atomic E-state index is 0.362. The van der Waals surface area contributed by atoms with E-state index >= 15 is 0 Å². The van der Waals surface area contributed by atoms with Gasteiger partial charge in [-0.15, -0.1) is 0 Å². The third-order valence-electron chi connectivity index (χ3n) is 5.99. The summed E-state index contributed by atoms with van der Waals surface area (Å²) in [6.45, 7) is -0.801. The van der Waals surface area contributed by atoms with Crippen molar-refractivity contribution in [2.45, 2.75) is 101 Å². The number of carbonyl (C=O) groups excluding carboxylic acids is 1. The Kier molecular flexibility index (Phi) is 10.0. The van der Waals surface area contributed by atoms with E-state index in [1.165, 1.54) is 0 Å². The fourth-order valence-corrected chi connectivity index (χ4v) is 3.74. The molecule has 0 amide bonds. The highest BCUT2D eigenvalue weighted by Crippen LogP contribution is 2.58. The molecule has 0 aromatic heterocycles. The smallest absolute Gasteiger partial charge is 0.384 e. The SMILES string of the molecule is CCCCCC1CCC(CC(=O)OCC(F)(F)C(F)(F)C(F)(F)C(F)(F)C(F)(F)C(F)F)CC1. The number of esters is 1. The molecule has 0 atom stereocenters. The number of rotatable bonds is 13. The Hall–Kier alpha value is -1.37. The van der Waals surface area contributed by atoms with Gasteiger partial charge in [-0.3, -0.25) is 4.79 Å². The first-order chi connectivity index (χ1) is 15.3. The lowest BCUT2D eigenvalue weighted by Gasteiger charge is -2.38. The molecule has 34 heavy (non-hydrogen) atoms. The van der Waals surface area contributed by atoms with E-state index in [0.29, 0.717) is 18.8 Å². The Morgan fingerprint density at radius 3 is 1.76 bits per heavy atom. The van der Waals surface area contributed by atoms with Gasteiger partial charge in [-0.2, -0.15) is 43.9 Å². The Morgan fingerprint density at radius 1 is 0.794 bits per heavy atom. The Morgan fingerprint density at radius 2 is 1.29 bits per heavy atom. The van der Waals surface area contributed by atoms with E-state index in [1.54, 1.807) is 0 Å². The Bertz CT molecular complexity index is 658. The van der Waals surface area contributed by atoms with Crippen LogP contribution in [-0.2, 0) is 9.53 Å². The van der Waals surface area contributed by atoms with E-state index in [9.17, 15) is 57.5 Å². The first-order valence-electron chi connectivity index (χ1n) is 10.7. The predicted octanol–water partition coefficient (Wildman–Crippen LogP) is 7.75. The normalized spacial score (nSPS) is 21.1. The van der Waals surface area contributed by atoms with E-state index in [-0.39, 0.29) is 5.92 Å². The minimum Gasteiger partial charge on any atom is -0.459 e. The average molecular weight is 526 g/mol. The van der Waals surface area contributed by atoms with E-state index in [4.69, 9.17) is 0 Å². The van der Waals surface area contributed by atoms with Crippen LogP contribution >= 0.6 is 0 Å². The minimum atomic E-state index is -7.62. The second kappa shape index (κ2) is 11.1. The second-order valence-corrected chi connectivity index (χ2v) is 8.60. The standard InChI is InChI=1S/C20H26F12O2/c1-2-3-4-5-12-6-8-13(9-7-12)10-14(33)34-11-16(23,24)18(27,28)20(31,32)19(29,30)17(25,26)15(21)22/h12-13,15H,2-11H2,1H3. The Labute approximate surface area is 188 Å². The molecule has 0 aromatic carbocycles. The molecule has 2 nitrogen and oxygen atoms in total. The third-order valence-corrected chi connectivity index (χ3v) is 5.99. The number of carbonyl (C=O) groups is 1. The summed E-state index contributed by atoms with van der Waals surface area (Å²) >= 11 is 0. The maximum Gasteiger partial charge on any atom is 0.384 e. The van der Waals surface area contributed by atoms with Crippen LogP contribution in [0, 0.1) is 11.8 Å². The van der Waals surface area contributed by atoms with Crippen LogP contribution in [-0.4, -0.2) is 48.6 Å². The summed E-state index contributed by atoms with van der Waals surface area (Å²) in [5, 5.41) is 0. The summed E-state index contributed by atoms with van der Waals surface area (Å²) in [6.07, 6.45) is 0.400. The highest BCUT2D eigenvalue weighted by Gasteiger charge is 2.87. The number of halogens is 12. The molecule has 0 radical (unpaired) electrons. The van der Waals surface area contributed by atoms with E-state index in [1.807, 2.05) is 6.92 Å². The summed E-state index contributed by atoms with van der Waals surface area (Å²) in [5.74, 6) is -37.2. The van der Waals surface area contributed by atoms with Gasteiger partial charge >= 0.3 is 42.0 Å². The number of unbranched alkanes of at least 4 members (excludes halogenated alkanes) is 2.